The van der Waals surface area contributed by atoms with Crippen LogP contribution in [0.2, 0.25) is 0 Å². The molecule has 4 atom stereocenters. The molecular weight excluding hydrogens is 641 g/mol. The molecular formula is C39H44N2O7S. The Morgan fingerprint density at radius 1 is 0.796 bits per heavy atom. The van der Waals surface area contributed by atoms with Gasteiger partial charge in [-0.25, -0.2) is 13.1 Å². The molecule has 3 heterocycles. The molecule has 4 aromatic rings. The fourth-order valence-corrected chi connectivity index (χ4v) is 8.07. The zero-order valence-electron chi connectivity index (χ0n) is 27.7. The first-order valence-electron chi connectivity index (χ1n) is 17.1. The van der Waals surface area contributed by atoms with Crippen LogP contribution in [0.3, 0.4) is 0 Å². The molecule has 0 bridgehead atoms. The van der Waals surface area contributed by atoms with E-state index in [9.17, 15) is 13.5 Å². The Hall–Kier alpha value is -3.45. The summed E-state index contributed by atoms with van der Waals surface area (Å²) in [5, 5.41) is 9.63. The van der Waals surface area contributed by atoms with E-state index in [0.29, 0.717) is 13.2 Å². The quantitative estimate of drug-likeness (QED) is 0.211. The van der Waals surface area contributed by atoms with Crippen molar-refractivity contribution in [3.05, 3.63) is 125 Å². The smallest absolute Gasteiger partial charge is 0.240 e. The number of rotatable bonds is 10. The Morgan fingerprint density at radius 3 is 2.20 bits per heavy atom. The van der Waals surface area contributed by atoms with Crippen LogP contribution in [0.1, 0.15) is 54.4 Å². The third kappa shape index (κ3) is 7.82. The van der Waals surface area contributed by atoms with E-state index in [1.54, 1.807) is 30.3 Å². The summed E-state index contributed by atoms with van der Waals surface area (Å²) in [5.74, 6) is -0.354. The van der Waals surface area contributed by atoms with E-state index < -0.39 is 22.1 Å². The summed E-state index contributed by atoms with van der Waals surface area (Å²) in [6, 6.07) is 32.4. The molecule has 1 spiro atoms. The number of likely N-dealkylation sites (tertiary alicyclic amines) is 1. The average Bonchev–Trinajstić information content (AvgIpc) is 3.61. The van der Waals surface area contributed by atoms with Crippen LogP contribution in [0.5, 0.6) is 0 Å². The Balaban J connectivity index is 1.10. The Bertz CT molecular complexity index is 1800. The first kappa shape index (κ1) is 34.0. The minimum absolute atomic E-state index is 0.00745. The summed E-state index contributed by atoms with van der Waals surface area (Å²) in [5.41, 5.74) is 5.62. The van der Waals surface area contributed by atoms with Gasteiger partial charge in [0.25, 0.3) is 0 Å². The number of aliphatic hydroxyl groups excluding tert-OH is 1. The first-order chi connectivity index (χ1) is 23.8. The fraction of sp³-hybridized carbons (Fsp3) is 0.385. The highest BCUT2D eigenvalue weighted by atomic mass is 32.2. The molecule has 3 fully saturated rings. The standard InChI is InChI=1S/C39H44N2O7S/c1-28-36(26-41-19-17-39(18-20-41)45-21-22-46-39)47-38(48-37(28)31-15-13-29(27-42)14-16-31)34-10-6-9-33(24-34)32-8-5-7-30(23-32)25-40-49(43,44)35-11-3-2-4-12-35/h2-16,23-24,28,36-38,40,42H,17-22,25-27H2,1H3/t28-,36+,37+,38+/m1/s1. The molecule has 258 valence electrons. The molecule has 0 unspecified atom stereocenters. The van der Waals surface area contributed by atoms with Crippen LogP contribution in [0.25, 0.3) is 11.1 Å². The van der Waals surface area contributed by atoms with Crippen LogP contribution in [0.15, 0.2) is 108 Å². The van der Waals surface area contributed by atoms with E-state index in [1.165, 1.54) is 0 Å². The summed E-state index contributed by atoms with van der Waals surface area (Å²) in [4.78, 5) is 2.68. The molecule has 2 N–H and O–H groups in total. The van der Waals surface area contributed by atoms with Gasteiger partial charge in [-0.2, -0.15) is 0 Å². The van der Waals surface area contributed by atoms with Crippen LogP contribution in [-0.4, -0.2) is 63.2 Å². The molecule has 9 nitrogen and oxygen atoms in total. The number of hydrogen-bond donors (Lipinski definition) is 2. The number of sulfonamides is 1. The van der Waals surface area contributed by atoms with Gasteiger partial charge in [0.1, 0.15) is 0 Å². The lowest BCUT2D eigenvalue weighted by molar-refractivity contribution is -0.278. The van der Waals surface area contributed by atoms with Crippen LogP contribution in [0.4, 0.5) is 0 Å². The number of benzene rings is 4. The van der Waals surface area contributed by atoms with Gasteiger partial charge in [0.15, 0.2) is 12.1 Å². The van der Waals surface area contributed by atoms with Gasteiger partial charge >= 0.3 is 0 Å². The molecule has 0 saturated carbocycles. The highest BCUT2D eigenvalue weighted by Crippen LogP contribution is 2.43. The summed E-state index contributed by atoms with van der Waals surface area (Å²) in [6.07, 6.45) is 0.787. The number of piperidine rings is 1. The van der Waals surface area contributed by atoms with Crippen molar-refractivity contribution in [3.8, 4) is 11.1 Å². The number of hydrogen-bond acceptors (Lipinski definition) is 8. The van der Waals surface area contributed by atoms with Gasteiger partial charge in [-0.3, -0.25) is 0 Å². The molecule has 3 aliphatic heterocycles. The molecule has 3 saturated heterocycles. The average molecular weight is 685 g/mol. The van der Waals surface area contributed by atoms with Crippen molar-refractivity contribution in [3.63, 3.8) is 0 Å². The second kappa shape index (κ2) is 14.8. The summed E-state index contributed by atoms with van der Waals surface area (Å²) in [7, 11) is -3.63. The SMILES string of the molecule is C[C@@H]1[C@H](CN2CCC3(CC2)OCCO3)O[C@H](c2cccc(-c3cccc(CNS(=O)(=O)c4ccccc4)c3)c2)O[C@@H]1c1ccc(CO)cc1. The molecule has 7 rings (SSSR count). The van der Waals surface area contributed by atoms with E-state index in [-0.39, 0.29) is 36.2 Å². The monoisotopic (exact) mass is 684 g/mol. The minimum Gasteiger partial charge on any atom is -0.392 e. The largest absolute Gasteiger partial charge is 0.392 e. The van der Waals surface area contributed by atoms with Gasteiger partial charge in [0, 0.05) is 50.5 Å². The first-order valence-corrected chi connectivity index (χ1v) is 18.5. The van der Waals surface area contributed by atoms with Crippen molar-refractivity contribution >= 4 is 10.0 Å². The number of nitrogens with one attached hydrogen (secondary N) is 1. The van der Waals surface area contributed by atoms with E-state index in [1.807, 2.05) is 66.7 Å². The normalized spacial score (nSPS) is 24.3. The highest BCUT2D eigenvalue weighted by molar-refractivity contribution is 7.89. The third-order valence-corrected chi connectivity index (χ3v) is 11.3. The second-order valence-corrected chi connectivity index (χ2v) is 15.0. The van der Waals surface area contributed by atoms with E-state index in [4.69, 9.17) is 18.9 Å². The minimum atomic E-state index is -3.63. The lowest BCUT2D eigenvalue weighted by Crippen LogP contribution is -2.50. The summed E-state index contributed by atoms with van der Waals surface area (Å²) < 4.78 is 53.8. The number of aliphatic hydroxyl groups is 1. The van der Waals surface area contributed by atoms with Crippen molar-refractivity contribution in [2.75, 3.05) is 32.8 Å². The predicted octanol–water partition coefficient (Wildman–Crippen LogP) is 5.95. The fourth-order valence-electron chi connectivity index (χ4n) is 7.03. The van der Waals surface area contributed by atoms with Crippen LogP contribution < -0.4 is 4.72 Å². The molecule has 4 aromatic carbocycles. The molecule has 3 aliphatic rings. The maximum atomic E-state index is 12.8. The van der Waals surface area contributed by atoms with Gasteiger partial charge in [-0.15, -0.1) is 0 Å². The van der Waals surface area contributed by atoms with Crippen molar-refractivity contribution in [1.82, 2.24) is 9.62 Å². The van der Waals surface area contributed by atoms with Crippen molar-refractivity contribution in [1.29, 1.82) is 0 Å². The molecule has 0 aliphatic carbocycles. The Morgan fingerprint density at radius 2 is 1.49 bits per heavy atom. The van der Waals surface area contributed by atoms with Gasteiger partial charge in [-0.1, -0.05) is 85.8 Å². The van der Waals surface area contributed by atoms with Crippen molar-refractivity contribution in [2.24, 2.45) is 5.92 Å². The number of nitrogens with zero attached hydrogens (tertiary/aromatic N) is 1. The molecule has 0 aromatic heterocycles. The zero-order chi connectivity index (χ0) is 33.8. The maximum absolute atomic E-state index is 12.8. The lowest BCUT2D eigenvalue weighted by Gasteiger charge is -2.44. The molecule has 49 heavy (non-hydrogen) atoms. The Kier molecular flexibility index (Phi) is 10.3. The van der Waals surface area contributed by atoms with Crippen LogP contribution >= 0.6 is 0 Å². The van der Waals surface area contributed by atoms with Crippen LogP contribution in [-0.2, 0) is 42.1 Å². The topological polar surface area (TPSA) is 107 Å². The van der Waals surface area contributed by atoms with Gasteiger partial charge in [0.05, 0.1) is 36.9 Å². The molecule has 0 radical (unpaired) electrons. The molecule has 0 amide bonds. The second-order valence-electron chi connectivity index (χ2n) is 13.2. The van der Waals surface area contributed by atoms with E-state index in [0.717, 1.165) is 65.9 Å². The van der Waals surface area contributed by atoms with E-state index in [2.05, 4.69) is 22.6 Å². The van der Waals surface area contributed by atoms with Gasteiger partial charge < -0.3 is 29.0 Å². The van der Waals surface area contributed by atoms with Crippen molar-refractivity contribution < 1.29 is 32.5 Å². The predicted molar refractivity (Wildman–Crippen MR) is 186 cm³/mol. The van der Waals surface area contributed by atoms with E-state index >= 15 is 0 Å². The maximum Gasteiger partial charge on any atom is 0.240 e. The van der Waals surface area contributed by atoms with Gasteiger partial charge in [-0.05, 0) is 52.1 Å². The Labute approximate surface area is 288 Å². The van der Waals surface area contributed by atoms with Gasteiger partial charge in [0.2, 0.25) is 10.0 Å². The van der Waals surface area contributed by atoms with Crippen molar-refractivity contribution in [2.45, 2.75) is 62.1 Å². The summed E-state index contributed by atoms with van der Waals surface area (Å²) >= 11 is 0. The molecule has 10 heteroatoms. The number of ether oxygens (including phenoxy) is 4. The lowest BCUT2D eigenvalue weighted by atomic mass is 9.89. The highest BCUT2D eigenvalue weighted by Gasteiger charge is 2.43. The zero-order valence-corrected chi connectivity index (χ0v) is 28.6. The van der Waals surface area contributed by atoms with Crippen LogP contribution in [0, 0.1) is 5.92 Å². The summed E-state index contributed by atoms with van der Waals surface area (Å²) in [6.45, 7) is 6.20. The third-order valence-electron chi connectivity index (χ3n) is 9.93.